The monoisotopic (exact) mass is 267 g/mol. The van der Waals surface area contributed by atoms with Crippen molar-refractivity contribution in [1.82, 2.24) is 15.3 Å². The molecule has 1 saturated heterocycles. The Kier molecular flexibility index (Phi) is 4.93. The van der Waals surface area contributed by atoms with Gasteiger partial charge in [0.05, 0.1) is 18.3 Å². The predicted molar refractivity (Wildman–Crippen MR) is 70.6 cm³/mol. The van der Waals surface area contributed by atoms with Crippen molar-refractivity contribution in [2.75, 3.05) is 26.3 Å². The second-order valence-electron chi connectivity index (χ2n) is 4.58. The minimum Gasteiger partial charge on any atom is -0.478 e. The van der Waals surface area contributed by atoms with Gasteiger partial charge >= 0.3 is 0 Å². The maximum Gasteiger partial charge on any atom is 0.223 e. The largest absolute Gasteiger partial charge is 0.478 e. The molecule has 2 atom stereocenters. The molecule has 0 saturated carbocycles. The van der Waals surface area contributed by atoms with Crippen molar-refractivity contribution in [3.8, 4) is 11.8 Å². The predicted octanol–water partition coefficient (Wildman–Crippen LogP) is 0.939. The van der Waals surface area contributed by atoms with E-state index in [2.05, 4.69) is 15.3 Å². The van der Waals surface area contributed by atoms with Crippen molar-refractivity contribution in [2.24, 2.45) is 0 Å². The Hall–Kier alpha value is -1.40. The highest BCUT2D eigenvalue weighted by Gasteiger charge is 2.20. The number of hydrogen-bond acceptors (Lipinski definition) is 6. The van der Waals surface area contributed by atoms with E-state index in [1.807, 2.05) is 20.8 Å². The Labute approximate surface area is 113 Å². The lowest BCUT2D eigenvalue weighted by atomic mass is 10.2. The molecule has 19 heavy (non-hydrogen) atoms. The first-order chi connectivity index (χ1) is 9.20. The number of aromatic nitrogens is 2. The fourth-order valence-electron chi connectivity index (χ4n) is 1.99. The molecular weight excluding hydrogens is 246 g/mol. The Morgan fingerprint density at radius 1 is 1.32 bits per heavy atom. The first-order valence-electron chi connectivity index (χ1n) is 6.64. The average molecular weight is 267 g/mol. The maximum atomic E-state index is 5.76. The van der Waals surface area contributed by atoms with Crippen LogP contribution in [0.5, 0.6) is 11.8 Å². The third-order valence-corrected chi connectivity index (χ3v) is 2.91. The van der Waals surface area contributed by atoms with Gasteiger partial charge in [0.1, 0.15) is 19.0 Å². The van der Waals surface area contributed by atoms with Gasteiger partial charge in [0.25, 0.3) is 0 Å². The van der Waals surface area contributed by atoms with Gasteiger partial charge < -0.3 is 19.5 Å². The van der Waals surface area contributed by atoms with Crippen molar-refractivity contribution in [1.29, 1.82) is 0 Å². The molecule has 6 heteroatoms. The molecule has 106 valence electrons. The topological polar surface area (TPSA) is 65.5 Å². The number of ether oxygens (including phenoxy) is 3. The highest BCUT2D eigenvalue weighted by Crippen LogP contribution is 2.22. The summed E-state index contributed by atoms with van der Waals surface area (Å²) in [4.78, 5) is 8.21. The van der Waals surface area contributed by atoms with Crippen LogP contribution in [0.15, 0.2) is 6.33 Å². The van der Waals surface area contributed by atoms with Crippen LogP contribution in [0.25, 0.3) is 0 Å². The lowest BCUT2D eigenvalue weighted by Crippen LogP contribution is -2.45. The van der Waals surface area contributed by atoms with Gasteiger partial charge in [-0.05, 0) is 20.8 Å². The fraction of sp³-hybridized carbons (Fsp3) is 0.692. The normalized spacial score (nSPS) is 23.1. The van der Waals surface area contributed by atoms with Gasteiger partial charge in [0.15, 0.2) is 0 Å². The van der Waals surface area contributed by atoms with E-state index in [9.17, 15) is 0 Å². The zero-order valence-corrected chi connectivity index (χ0v) is 11.7. The second-order valence-corrected chi connectivity index (χ2v) is 4.58. The third-order valence-electron chi connectivity index (χ3n) is 2.91. The van der Waals surface area contributed by atoms with Crippen molar-refractivity contribution in [3.05, 3.63) is 11.9 Å². The third kappa shape index (κ3) is 3.78. The van der Waals surface area contributed by atoms with E-state index in [0.717, 1.165) is 18.7 Å². The number of nitrogens with zero attached hydrogens (tertiary/aromatic N) is 2. The smallest absolute Gasteiger partial charge is 0.223 e. The summed E-state index contributed by atoms with van der Waals surface area (Å²) in [6.07, 6.45) is 1.72. The summed E-state index contributed by atoms with van der Waals surface area (Å²) in [5.41, 5.74) is 0.821. The van der Waals surface area contributed by atoms with Crippen LogP contribution in [-0.4, -0.2) is 48.5 Å². The minimum atomic E-state index is 0.0497. The van der Waals surface area contributed by atoms with E-state index in [4.69, 9.17) is 14.2 Å². The van der Waals surface area contributed by atoms with Gasteiger partial charge in [-0.3, -0.25) is 0 Å². The van der Waals surface area contributed by atoms with E-state index < -0.39 is 0 Å². The van der Waals surface area contributed by atoms with Crippen LogP contribution in [0.3, 0.4) is 0 Å². The molecule has 1 N–H and O–H groups in total. The second kappa shape index (κ2) is 6.68. The quantitative estimate of drug-likeness (QED) is 0.856. The zero-order valence-electron chi connectivity index (χ0n) is 11.7. The van der Waals surface area contributed by atoms with Gasteiger partial charge in [-0.15, -0.1) is 0 Å². The highest BCUT2D eigenvalue weighted by molar-refractivity contribution is 5.32. The zero-order chi connectivity index (χ0) is 13.7. The summed E-state index contributed by atoms with van der Waals surface area (Å²) in [7, 11) is 0. The summed E-state index contributed by atoms with van der Waals surface area (Å²) in [6, 6.07) is 0. The maximum absolute atomic E-state index is 5.76. The van der Waals surface area contributed by atoms with Gasteiger partial charge in [-0.2, -0.15) is 0 Å². The summed E-state index contributed by atoms with van der Waals surface area (Å²) in [5, 5.41) is 3.30. The first-order valence-corrected chi connectivity index (χ1v) is 6.64. The Balaban J connectivity index is 1.93. The molecule has 0 radical (unpaired) electrons. The molecule has 0 aromatic carbocycles. The van der Waals surface area contributed by atoms with Crippen LogP contribution in [0, 0.1) is 6.92 Å². The molecule has 0 bridgehead atoms. The SMILES string of the molecule is CCOc1ncnc(OCC2CNCC(C)O2)c1C. The number of rotatable bonds is 5. The molecule has 2 unspecified atom stereocenters. The number of morpholine rings is 1. The van der Waals surface area contributed by atoms with Crippen LogP contribution < -0.4 is 14.8 Å². The van der Waals surface area contributed by atoms with E-state index in [1.165, 1.54) is 6.33 Å². The number of nitrogens with one attached hydrogen (secondary N) is 1. The van der Waals surface area contributed by atoms with Gasteiger partial charge in [-0.1, -0.05) is 0 Å². The Bertz CT molecular complexity index is 414. The molecule has 1 aromatic heterocycles. The molecule has 0 spiro atoms. The molecule has 6 nitrogen and oxygen atoms in total. The number of hydrogen-bond donors (Lipinski definition) is 1. The van der Waals surface area contributed by atoms with Gasteiger partial charge in [0, 0.05) is 13.1 Å². The highest BCUT2D eigenvalue weighted by atomic mass is 16.5. The minimum absolute atomic E-state index is 0.0497. The summed E-state index contributed by atoms with van der Waals surface area (Å²) < 4.78 is 16.9. The lowest BCUT2D eigenvalue weighted by molar-refractivity contribution is -0.0478. The first kappa shape index (κ1) is 14.0. The average Bonchev–Trinajstić information content (AvgIpc) is 2.40. The summed E-state index contributed by atoms with van der Waals surface area (Å²) in [6.45, 7) is 8.59. The molecule has 1 aliphatic heterocycles. The standard InChI is InChI=1S/C13H21N3O3/c1-4-17-12-10(3)13(16-8-15-12)18-7-11-6-14-5-9(2)19-11/h8-9,11,14H,4-7H2,1-3H3. The van der Waals surface area contributed by atoms with E-state index >= 15 is 0 Å². The molecule has 1 aliphatic rings. The molecule has 0 aliphatic carbocycles. The van der Waals surface area contributed by atoms with Crippen LogP contribution in [0.1, 0.15) is 19.4 Å². The van der Waals surface area contributed by atoms with Crippen LogP contribution in [0.4, 0.5) is 0 Å². The van der Waals surface area contributed by atoms with Crippen molar-refractivity contribution in [2.45, 2.75) is 33.0 Å². The van der Waals surface area contributed by atoms with E-state index in [0.29, 0.717) is 25.0 Å². The van der Waals surface area contributed by atoms with Crippen molar-refractivity contribution < 1.29 is 14.2 Å². The van der Waals surface area contributed by atoms with Crippen LogP contribution in [0.2, 0.25) is 0 Å². The summed E-state index contributed by atoms with van der Waals surface area (Å²) >= 11 is 0. The molecule has 1 aromatic rings. The van der Waals surface area contributed by atoms with Crippen LogP contribution >= 0.6 is 0 Å². The van der Waals surface area contributed by atoms with Crippen molar-refractivity contribution >= 4 is 0 Å². The lowest BCUT2D eigenvalue weighted by Gasteiger charge is -2.28. The molecule has 1 fully saturated rings. The van der Waals surface area contributed by atoms with Crippen LogP contribution in [-0.2, 0) is 4.74 Å². The van der Waals surface area contributed by atoms with Gasteiger partial charge in [-0.25, -0.2) is 9.97 Å². The Morgan fingerprint density at radius 2 is 2.05 bits per heavy atom. The van der Waals surface area contributed by atoms with Crippen molar-refractivity contribution in [3.63, 3.8) is 0 Å². The Morgan fingerprint density at radius 3 is 2.74 bits per heavy atom. The van der Waals surface area contributed by atoms with E-state index in [1.54, 1.807) is 0 Å². The molecule has 2 rings (SSSR count). The fourth-order valence-corrected chi connectivity index (χ4v) is 1.99. The van der Waals surface area contributed by atoms with E-state index in [-0.39, 0.29) is 12.2 Å². The van der Waals surface area contributed by atoms with Gasteiger partial charge in [0.2, 0.25) is 11.8 Å². The molecule has 2 heterocycles. The molecular formula is C13H21N3O3. The summed E-state index contributed by atoms with van der Waals surface area (Å²) in [5.74, 6) is 1.13. The molecule has 0 amide bonds.